The standard InChI is InChI=1S/C18H23NO3/c1-13-9-15-10-16(21-2)4-3-14(15)11-17(13)18-12-22-8-6-19(18)5-7-20/h3-4,9-11,18,20H,5-8,12H2,1-2H3. The first kappa shape index (κ1) is 15.3. The molecule has 118 valence electrons. The first-order chi connectivity index (χ1) is 10.7. The van der Waals surface area contributed by atoms with Crippen molar-refractivity contribution in [3.63, 3.8) is 0 Å². The van der Waals surface area contributed by atoms with Gasteiger partial charge >= 0.3 is 0 Å². The van der Waals surface area contributed by atoms with Crippen molar-refractivity contribution in [2.45, 2.75) is 13.0 Å². The Morgan fingerprint density at radius 3 is 2.91 bits per heavy atom. The van der Waals surface area contributed by atoms with Crippen LogP contribution in [0.3, 0.4) is 0 Å². The zero-order chi connectivity index (χ0) is 15.5. The van der Waals surface area contributed by atoms with E-state index in [1.807, 2.05) is 6.07 Å². The highest BCUT2D eigenvalue weighted by atomic mass is 16.5. The van der Waals surface area contributed by atoms with Crippen LogP contribution in [0.5, 0.6) is 5.75 Å². The van der Waals surface area contributed by atoms with Gasteiger partial charge in [0.2, 0.25) is 0 Å². The molecular formula is C18H23NO3. The fourth-order valence-electron chi connectivity index (χ4n) is 3.21. The fourth-order valence-corrected chi connectivity index (χ4v) is 3.21. The average Bonchev–Trinajstić information content (AvgIpc) is 2.54. The molecule has 1 atom stereocenters. The molecule has 1 saturated heterocycles. The van der Waals surface area contributed by atoms with Crippen molar-refractivity contribution in [3.05, 3.63) is 41.5 Å². The van der Waals surface area contributed by atoms with Crippen LogP contribution in [0.25, 0.3) is 10.8 Å². The van der Waals surface area contributed by atoms with Gasteiger partial charge in [0.15, 0.2) is 0 Å². The Morgan fingerprint density at radius 2 is 2.14 bits per heavy atom. The van der Waals surface area contributed by atoms with Crippen LogP contribution in [0.1, 0.15) is 17.2 Å². The molecule has 1 fully saturated rings. The molecule has 0 aromatic heterocycles. The topological polar surface area (TPSA) is 41.9 Å². The molecule has 1 N–H and O–H groups in total. The number of hydrogen-bond donors (Lipinski definition) is 1. The van der Waals surface area contributed by atoms with Crippen LogP contribution in [0, 0.1) is 6.92 Å². The van der Waals surface area contributed by atoms with Gasteiger partial charge in [0.05, 0.1) is 33.0 Å². The Balaban J connectivity index is 2.00. The van der Waals surface area contributed by atoms with Gasteiger partial charge in [-0.05, 0) is 47.0 Å². The molecule has 4 nitrogen and oxygen atoms in total. The molecule has 0 amide bonds. The molecular weight excluding hydrogens is 278 g/mol. The predicted octanol–water partition coefficient (Wildman–Crippen LogP) is 2.52. The summed E-state index contributed by atoms with van der Waals surface area (Å²) in [6.07, 6.45) is 0. The third-order valence-corrected chi connectivity index (χ3v) is 4.42. The lowest BCUT2D eigenvalue weighted by Crippen LogP contribution is -2.41. The van der Waals surface area contributed by atoms with E-state index in [0.29, 0.717) is 13.2 Å². The Hall–Kier alpha value is -1.62. The number of benzene rings is 2. The van der Waals surface area contributed by atoms with E-state index in [4.69, 9.17) is 9.47 Å². The minimum atomic E-state index is 0.181. The van der Waals surface area contributed by atoms with Crippen molar-refractivity contribution in [2.75, 3.05) is 40.0 Å². The second kappa shape index (κ2) is 6.65. The smallest absolute Gasteiger partial charge is 0.119 e. The maximum Gasteiger partial charge on any atom is 0.119 e. The quantitative estimate of drug-likeness (QED) is 0.942. The van der Waals surface area contributed by atoms with E-state index in [-0.39, 0.29) is 12.6 Å². The number of morpholine rings is 1. The summed E-state index contributed by atoms with van der Waals surface area (Å²) in [7, 11) is 1.69. The van der Waals surface area contributed by atoms with Crippen molar-refractivity contribution in [1.29, 1.82) is 0 Å². The molecule has 1 aliphatic heterocycles. The lowest BCUT2D eigenvalue weighted by Gasteiger charge is -2.36. The summed E-state index contributed by atoms with van der Waals surface area (Å²) in [4.78, 5) is 2.31. The van der Waals surface area contributed by atoms with Crippen molar-refractivity contribution in [1.82, 2.24) is 4.90 Å². The summed E-state index contributed by atoms with van der Waals surface area (Å²) in [6.45, 7) is 5.29. The number of nitrogens with zero attached hydrogens (tertiary/aromatic N) is 1. The molecule has 0 aliphatic carbocycles. The molecule has 3 rings (SSSR count). The van der Waals surface area contributed by atoms with Gasteiger partial charge in [0.1, 0.15) is 5.75 Å². The summed E-state index contributed by atoms with van der Waals surface area (Å²) in [5.74, 6) is 0.877. The van der Waals surface area contributed by atoms with E-state index in [0.717, 1.165) is 18.9 Å². The average molecular weight is 301 g/mol. The molecule has 2 aromatic rings. The summed E-state index contributed by atoms with van der Waals surface area (Å²) in [5, 5.41) is 11.7. The van der Waals surface area contributed by atoms with Crippen LogP contribution >= 0.6 is 0 Å². The van der Waals surface area contributed by atoms with E-state index in [9.17, 15) is 5.11 Å². The van der Waals surface area contributed by atoms with Gasteiger partial charge in [-0.25, -0.2) is 0 Å². The van der Waals surface area contributed by atoms with Crippen molar-refractivity contribution >= 4 is 10.8 Å². The van der Waals surface area contributed by atoms with Gasteiger partial charge in [0.25, 0.3) is 0 Å². The van der Waals surface area contributed by atoms with Crippen LogP contribution in [0.2, 0.25) is 0 Å². The number of aliphatic hydroxyl groups excluding tert-OH is 1. The lowest BCUT2D eigenvalue weighted by atomic mass is 9.95. The second-order valence-electron chi connectivity index (χ2n) is 5.77. The van der Waals surface area contributed by atoms with Gasteiger partial charge < -0.3 is 14.6 Å². The highest BCUT2D eigenvalue weighted by Crippen LogP contribution is 2.31. The van der Waals surface area contributed by atoms with E-state index in [1.54, 1.807) is 7.11 Å². The minimum absolute atomic E-state index is 0.181. The van der Waals surface area contributed by atoms with Crippen molar-refractivity contribution < 1.29 is 14.6 Å². The van der Waals surface area contributed by atoms with Crippen molar-refractivity contribution in [3.8, 4) is 5.75 Å². The zero-order valence-electron chi connectivity index (χ0n) is 13.2. The number of aliphatic hydroxyl groups is 1. The summed E-state index contributed by atoms with van der Waals surface area (Å²) in [6, 6.07) is 10.8. The minimum Gasteiger partial charge on any atom is -0.497 e. The molecule has 0 bridgehead atoms. The fraction of sp³-hybridized carbons (Fsp3) is 0.444. The van der Waals surface area contributed by atoms with Gasteiger partial charge in [-0.1, -0.05) is 12.1 Å². The number of β-amino-alcohol motifs (C(OH)–C–C–N with tert-alkyl or cyclic N) is 1. The molecule has 1 heterocycles. The number of methoxy groups -OCH3 is 1. The van der Waals surface area contributed by atoms with Crippen LogP contribution in [-0.4, -0.2) is 50.0 Å². The summed E-state index contributed by atoms with van der Waals surface area (Å²) < 4.78 is 11.0. The molecule has 0 radical (unpaired) electrons. The zero-order valence-corrected chi connectivity index (χ0v) is 13.2. The molecule has 4 heteroatoms. The maximum absolute atomic E-state index is 9.29. The molecule has 1 unspecified atom stereocenters. The Kier molecular flexibility index (Phi) is 4.62. The normalized spacial score (nSPS) is 19.5. The summed E-state index contributed by atoms with van der Waals surface area (Å²) in [5.41, 5.74) is 2.53. The van der Waals surface area contributed by atoms with Crippen LogP contribution in [-0.2, 0) is 4.74 Å². The van der Waals surface area contributed by atoms with Crippen LogP contribution in [0.4, 0.5) is 0 Å². The number of ether oxygens (including phenoxy) is 2. The molecule has 22 heavy (non-hydrogen) atoms. The lowest BCUT2D eigenvalue weighted by molar-refractivity contribution is -0.0148. The third-order valence-electron chi connectivity index (χ3n) is 4.42. The van der Waals surface area contributed by atoms with Crippen LogP contribution in [0.15, 0.2) is 30.3 Å². The first-order valence-electron chi connectivity index (χ1n) is 7.74. The Bertz CT molecular complexity index is 654. The molecule has 1 aliphatic rings. The number of fused-ring (bicyclic) bond motifs is 1. The third kappa shape index (κ3) is 2.95. The molecule has 0 spiro atoms. The first-order valence-corrected chi connectivity index (χ1v) is 7.74. The second-order valence-corrected chi connectivity index (χ2v) is 5.77. The van der Waals surface area contributed by atoms with Gasteiger partial charge in [-0.2, -0.15) is 0 Å². The largest absolute Gasteiger partial charge is 0.497 e. The van der Waals surface area contributed by atoms with E-state index >= 15 is 0 Å². The monoisotopic (exact) mass is 301 g/mol. The SMILES string of the molecule is COc1ccc2cc(C3COCCN3CCO)c(C)cc2c1. The number of aryl methyl sites for hydroxylation is 1. The van der Waals surface area contributed by atoms with E-state index < -0.39 is 0 Å². The number of hydrogen-bond acceptors (Lipinski definition) is 4. The Morgan fingerprint density at radius 1 is 1.27 bits per heavy atom. The highest BCUT2D eigenvalue weighted by Gasteiger charge is 2.25. The van der Waals surface area contributed by atoms with Gasteiger partial charge in [0, 0.05) is 13.1 Å². The van der Waals surface area contributed by atoms with Gasteiger partial charge in [-0.15, -0.1) is 0 Å². The predicted molar refractivity (Wildman–Crippen MR) is 87.5 cm³/mol. The maximum atomic E-state index is 9.29. The van der Waals surface area contributed by atoms with E-state index in [1.165, 1.54) is 21.9 Å². The van der Waals surface area contributed by atoms with E-state index in [2.05, 4.69) is 36.1 Å². The van der Waals surface area contributed by atoms with Gasteiger partial charge in [-0.3, -0.25) is 4.90 Å². The number of rotatable bonds is 4. The summed E-state index contributed by atoms with van der Waals surface area (Å²) >= 11 is 0. The van der Waals surface area contributed by atoms with Crippen LogP contribution < -0.4 is 4.74 Å². The molecule has 2 aromatic carbocycles. The Labute approximate surface area is 131 Å². The molecule has 0 saturated carbocycles. The highest BCUT2D eigenvalue weighted by molar-refractivity contribution is 5.85. The van der Waals surface area contributed by atoms with Crippen molar-refractivity contribution in [2.24, 2.45) is 0 Å².